The Morgan fingerprint density at radius 2 is 1.71 bits per heavy atom. The monoisotopic (exact) mass is 477 g/mol. The number of ether oxygens (including phenoxy) is 1. The molecular weight excluding hydrogens is 446 g/mol. The van der Waals surface area contributed by atoms with E-state index in [-0.39, 0.29) is 17.6 Å². The van der Waals surface area contributed by atoms with Gasteiger partial charge in [0.15, 0.2) is 0 Å². The molecule has 3 aromatic rings. The Morgan fingerprint density at radius 3 is 2.34 bits per heavy atom. The minimum absolute atomic E-state index is 0.0575. The van der Waals surface area contributed by atoms with Crippen LogP contribution in [0.1, 0.15) is 36.0 Å². The fraction of sp³-hybridized carbons (Fsp3) is 0.423. The number of rotatable bonds is 6. The van der Waals surface area contributed by atoms with Crippen LogP contribution in [0.15, 0.2) is 42.9 Å². The summed E-state index contributed by atoms with van der Waals surface area (Å²) < 4.78 is 6.88. The molecule has 0 saturated carbocycles. The van der Waals surface area contributed by atoms with Crippen molar-refractivity contribution >= 4 is 6.09 Å². The van der Waals surface area contributed by atoms with Crippen LogP contribution in [-0.4, -0.2) is 73.4 Å². The highest BCUT2D eigenvalue weighted by atomic mass is 16.6. The number of piperazine rings is 1. The largest absolute Gasteiger partial charge is 0.494 e. The van der Waals surface area contributed by atoms with E-state index in [4.69, 9.17) is 4.74 Å². The van der Waals surface area contributed by atoms with Crippen molar-refractivity contribution in [3.05, 3.63) is 59.5 Å². The molecule has 0 atom stereocenters. The molecule has 2 aliphatic rings. The molecule has 184 valence electrons. The lowest BCUT2D eigenvalue weighted by Gasteiger charge is -2.33. The standard InChI is InChI=1S/C26H31N5O4/c32-24-21-7-1-2-8-22(21)25(33)31(24)20-9-10-23(28-18-20)35-26(34)30-15-13-29(14-16-30)12-4-6-19-5-3-11-27-17-19/h3,5,9-11,17-18,32-33H,1-2,4,6-8,12-16H2. The van der Waals surface area contributed by atoms with E-state index in [9.17, 15) is 15.0 Å². The molecule has 4 heterocycles. The van der Waals surface area contributed by atoms with E-state index in [0.29, 0.717) is 18.8 Å². The molecule has 0 bridgehead atoms. The lowest BCUT2D eigenvalue weighted by Crippen LogP contribution is -2.49. The van der Waals surface area contributed by atoms with Gasteiger partial charge in [-0.1, -0.05) is 6.07 Å². The Morgan fingerprint density at radius 1 is 0.971 bits per heavy atom. The van der Waals surface area contributed by atoms with Crippen LogP contribution in [0.5, 0.6) is 17.6 Å². The number of hydrogen-bond donors (Lipinski definition) is 2. The van der Waals surface area contributed by atoms with Crippen LogP contribution in [0.2, 0.25) is 0 Å². The van der Waals surface area contributed by atoms with Gasteiger partial charge in [0.05, 0.1) is 11.9 Å². The quantitative estimate of drug-likeness (QED) is 0.561. The van der Waals surface area contributed by atoms with Gasteiger partial charge in [0.1, 0.15) is 0 Å². The lowest BCUT2D eigenvalue weighted by atomic mass is 9.95. The second kappa shape index (κ2) is 10.4. The Kier molecular flexibility index (Phi) is 6.85. The Hall–Kier alpha value is -3.59. The van der Waals surface area contributed by atoms with Crippen LogP contribution in [0.4, 0.5) is 4.79 Å². The molecule has 9 heteroatoms. The molecular formula is C26H31N5O4. The van der Waals surface area contributed by atoms with Gasteiger partial charge in [0.2, 0.25) is 17.6 Å². The van der Waals surface area contributed by atoms with Gasteiger partial charge in [-0.2, -0.15) is 0 Å². The van der Waals surface area contributed by atoms with E-state index < -0.39 is 6.09 Å². The highest BCUT2D eigenvalue weighted by Crippen LogP contribution is 2.40. The number of fused-ring (bicyclic) bond motifs is 1. The maximum atomic E-state index is 12.6. The van der Waals surface area contributed by atoms with E-state index in [1.54, 1.807) is 23.2 Å². The van der Waals surface area contributed by atoms with Gasteiger partial charge in [0, 0.05) is 55.8 Å². The summed E-state index contributed by atoms with van der Waals surface area (Å²) in [7, 11) is 0. The van der Waals surface area contributed by atoms with E-state index in [1.165, 1.54) is 16.3 Å². The minimum Gasteiger partial charge on any atom is -0.494 e. The smallest absolute Gasteiger partial charge is 0.416 e. The van der Waals surface area contributed by atoms with Gasteiger partial charge in [-0.05, 0) is 62.8 Å². The predicted octanol–water partition coefficient (Wildman–Crippen LogP) is 3.31. The number of pyridine rings is 2. The summed E-state index contributed by atoms with van der Waals surface area (Å²) in [5.74, 6) is 0.303. The number of carbonyl (C=O) groups is 1. The molecule has 0 radical (unpaired) electrons. The molecule has 0 spiro atoms. The molecule has 5 rings (SSSR count). The minimum atomic E-state index is -0.414. The number of hydrogen-bond acceptors (Lipinski definition) is 7. The zero-order valence-corrected chi connectivity index (χ0v) is 19.8. The summed E-state index contributed by atoms with van der Waals surface area (Å²) in [6.45, 7) is 3.83. The highest BCUT2D eigenvalue weighted by Gasteiger charge is 2.26. The molecule has 1 fully saturated rings. The number of amides is 1. The van der Waals surface area contributed by atoms with Crippen LogP contribution in [-0.2, 0) is 19.3 Å². The second-order valence-corrected chi connectivity index (χ2v) is 9.16. The molecule has 3 aromatic heterocycles. The molecule has 35 heavy (non-hydrogen) atoms. The third-order valence-electron chi connectivity index (χ3n) is 6.90. The summed E-state index contributed by atoms with van der Waals surface area (Å²) in [5, 5.41) is 21.2. The van der Waals surface area contributed by atoms with Crippen molar-refractivity contribution in [2.24, 2.45) is 0 Å². The number of aromatic nitrogens is 3. The Bertz CT molecular complexity index is 1130. The number of nitrogens with zero attached hydrogens (tertiary/aromatic N) is 5. The van der Waals surface area contributed by atoms with E-state index >= 15 is 0 Å². The highest BCUT2D eigenvalue weighted by molar-refractivity contribution is 5.70. The van der Waals surface area contributed by atoms with Crippen molar-refractivity contribution in [2.75, 3.05) is 32.7 Å². The average molecular weight is 478 g/mol. The van der Waals surface area contributed by atoms with E-state index in [2.05, 4.69) is 20.9 Å². The molecule has 0 aromatic carbocycles. The number of aryl methyl sites for hydroxylation is 1. The van der Waals surface area contributed by atoms with Crippen molar-refractivity contribution in [3.8, 4) is 23.3 Å². The maximum Gasteiger partial charge on any atom is 0.416 e. The zero-order valence-electron chi connectivity index (χ0n) is 19.8. The van der Waals surface area contributed by atoms with Crippen molar-refractivity contribution in [3.63, 3.8) is 0 Å². The van der Waals surface area contributed by atoms with Crippen LogP contribution >= 0.6 is 0 Å². The molecule has 2 N–H and O–H groups in total. The third kappa shape index (κ3) is 5.09. The normalized spacial score (nSPS) is 16.2. The molecule has 0 unspecified atom stereocenters. The van der Waals surface area contributed by atoms with Gasteiger partial charge < -0.3 is 19.8 Å². The van der Waals surface area contributed by atoms with Gasteiger partial charge >= 0.3 is 6.09 Å². The van der Waals surface area contributed by atoms with Crippen LogP contribution < -0.4 is 4.74 Å². The zero-order chi connectivity index (χ0) is 24.2. The van der Waals surface area contributed by atoms with E-state index in [0.717, 1.165) is 69.3 Å². The molecule has 1 aliphatic carbocycles. The van der Waals surface area contributed by atoms with Crippen molar-refractivity contribution < 1.29 is 19.7 Å². The third-order valence-corrected chi connectivity index (χ3v) is 6.90. The van der Waals surface area contributed by atoms with Gasteiger partial charge in [-0.15, -0.1) is 0 Å². The first-order chi connectivity index (χ1) is 17.1. The first-order valence-electron chi connectivity index (χ1n) is 12.3. The molecule has 1 saturated heterocycles. The predicted molar refractivity (Wildman–Crippen MR) is 130 cm³/mol. The maximum absolute atomic E-state index is 12.6. The second-order valence-electron chi connectivity index (χ2n) is 9.16. The fourth-order valence-corrected chi connectivity index (χ4v) is 4.94. The van der Waals surface area contributed by atoms with Crippen LogP contribution in [0.25, 0.3) is 5.69 Å². The summed E-state index contributed by atoms with van der Waals surface area (Å²) in [6, 6.07) is 7.32. The van der Waals surface area contributed by atoms with Crippen molar-refractivity contribution in [2.45, 2.75) is 38.5 Å². The summed E-state index contributed by atoms with van der Waals surface area (Å²) in [6.07, 6.45) is 10.3. The number of aromatic hydroxyl groups is 2. The first kappa shape index (κ1) is 23.2. The Balaban J connectivity index is 1.12. The average Bonchev–Trinajstić information content (AvgIpc) is 3.15. The van der Waals surface area contributed by atoms with Crippen LogP contribution in [0.3, 0.4) is 0 Å². The van der Waals surface area contributed by atoms with Crippen molar-refractivity contribution in [1.29, 1.82) is 0 Å². The molecule has 9 nitrogen and oxygen atoms in total. The van der Waals surface area contributed by atoms with Crippen LogP contribution in [0, 0.1) is 0 Å². The van der Waals surface area contributed by atoms with Gasteiger partial charge in [0.25, 0.3) is 0 Å². The lowest BCUT2D eigenvalue weighted by molar-refractivity contribution is 0.109. The van der Waals surface area contributed by atoms with Gasteiger partial charge in [-0.3, -0.25) is 9.88 Å². The summed E-state index contributed by atoms with van der Waals surface area (Å²) in [5.41, 5.74) is 3.38. The van der Waals surface area contributed by atoms with Crippen molar-refractivity contribution in [1.82, 2.24) is 24.3 Å². The Labute approximate surface area is 204 Å². The van der Waals surface area contributed by atoms with Gasteiger partial charge in [-0.25, -0.2) is 14.3 Å². The first-order valence-corrected chi connectivity index (χ1v) is 12.3. The fourth-order valence-electron chi connectivity index (χ4n) is 4.94. The summed E-state index contributed by atoms with van der Waals surface area (Å²) >= 11 is 0. The molecule has 1 amide bonds. The molecule has 1 aliphatic heterocycles. The van der Waals surface area contributed by atoms with E-state index in [1.807, 2.05) is 12.3 Å². The topological polar surface area (TPSA) is 104 Å². The summed E-state index contributed by atoms with van der Waals surface area (Å²) in [4.78, 5) is 25.1. The number of carbonyl (C=O) groups excluding carboxylic acids is 1. The SMILES string of the molecule is O=C(Oc1ccc(-n2c(O)c3c(c2O)CCCC3)cn1)N1CCN(CCCc2cccnc2)CC1.